The number of allylic oxidation sites excluding steroid dienone is 3. The van der Waals surface area contributed by atoms with Crippen LogP contribution in [0.3, 0.4) is 0 Å². The van der Waals surface area contributed by atoms with E-state index in [-0.39, 0.29) is 11.5 Å². The molecule has 1 heterocycles. The highest BCUT2D eigenvalue weighted by atomic mass is 16.3. The van der Waals surface area contributed by atoms with Crippen molar-refractivity contribution in [3.63, 3.8) is 0 Å². The summed E-state index contributed by atoms with van der Waals surface area (Å²) >= 11 is 0. The van der Waals surface area contributed by atoms with Gasteiger partial charge in [0, 0.05) is 29.8 Å². The van der Waals surface area contributed by atoms with E-state index in [0.717, 1.165) is 33.8 Å². The van der Waals surface area contributed by atoms with Crippen LogP contribution in [0, 0.1) is 18.8 Å². The van der Waals surface area contributed by atoms with Crippen LogP contribution in [0.25, 0.3) is 28.1 Å². The number of carbonyl (C=O) groups is 1. The number of benzene rings is 3. The summed E-state index contributed by atoms with van der Waals surface area (Å²) < 4.78 is 1.85. The van der Waals surface area contributed by atoms with Crippen molar-refractivity contribution in [3.05, 3.63) is 120 Å². The lowest BCUT2D eigenvalue weighted by Gasteiger charge is -2.35. The number of aliphatic imine (C=N–C) groups is 1. The van der Waals surface area contributed by atoms with Crippen molar-refractivity contribution in [1.82, 2.24) is 9.78 Å². The molecule has 1 aromatic heterocycles. The molecule has 0 amide bonds. The predicted octanol–water partition coefficient (Wildman–Crippen LogP) is 6.74. The van der Waals surface area contributed by atoms with E-state index < -0.39 is 11.8 Å². The SMILES string of the molecule is C=C(c1ccccc1)C(/C(C)=N\C)C1C(=O)C(c2c(C)nn(-c3ccccc3)c2-c2ccccc2)=C1O. The zero-order chi connectivity index (χ0) is 26.1. The van der Waals surface area contributed by atoms with Crippen LogP contribution in [-0.2, 0) is 4.79 Å². The van der Waals surface area contributed by atoms with Crippen molar-refractivity contribution in [2.24, 2.45) is 16.8 Å². The van der Waals surface area contributed by atoms with Crippen LogP contribution >= 0.6 is 0 Å². The van der Waals surface area contributed by atoms with Gasteiger partial charge >= 0.3 is 0 Å². The van der Waals surface area contributed by atoms with Crippen LogP contribution in [0.5, 0.6) is 0 Å². The molecule has 2 atom stereocenters. The fourth-order valence-electron chi connectivity index (χ4n) is 5.15. The van der Waals surface area contributed by atoms with Gasteiger partial charge in [0.05, 0.1) is 28.6 Å². The summed E-state index contributed by atoms with van der Waals surface area (Å²) in [6, 6.07) is 29.4. The summed E-state index contributed by atoms with van der Waals surface area (Å²) in [6.07, 6.45) is 0. The first kappa shape index (κ1) is 24.2. The molecule has 184 valence electrons. The molecular weight excluding hydrogens is 458 g/mol. The molecule has 3 aromatic carbocycles. The summed E-state index contributed by atoms with van der Waals surface area (Å²) in [7, 11) is 1.70. The van der Waals surface area contributed by atoms with Gasteiger partial charge in [0.25, 0.3) is 0 Å². The third-order valence-electron chi connectivity index (χ3n) is 7.09. The van der Waals surface area contributed by atoms with Gasteiger partial charge in [-0.25, -0.2) is 4.68 Å². The topological polar surface area (TPSA) is 67.5 Å². The minimum atomic E-state index is -0.741. The molecule has 1 aliphatic carbocycles. The van der Waals surface area contributed by atoms with E-state index >= 15 is 0 Å². The maximum atomic E-state index is 13.9. The first-order valence-electron chi connectivity index (χ1n) is 12.3. The average Bonchev–Trinajstić information content (AvgIpc) is 3.28. The van der Waals surface area contributed by atoms with Gasteiger partial charge in [-0.1, -0.05) is 85.4 Å². The van der Waals surface area contributed by atoms with E-state index in [2.05, 4.69) is 11.6 Å². The minimum absolute atomic E-state index is 0.0583. The molecular formula is C32H29N3O2. The normalized spacial score (nSPS) is 16.5. The van der Waals surface area contributed by atoms with Crippen molar-refractivity contribution in [2.45, 2.75) is 13.8 Å². The number of rotatable bonds is 7. The molecule has 0 fully saturated rings. The number of hydrogen-bond donors (Lipinski definition) is 1. The Kier molecular flexibility index (Phi) is 6.45. The van der Waals surface area contributed by atoms with E-state index in [1.807, 2.05) is 110 Å². The van der Waals surface area contributed by atoms with Gasteiger partial charge in [0.1, 0.15) is 5.76 Å². The number of aromatic nitrogens is 2. The number of carbonyl (C=O) groups excluding carboxylic acids is 1. The summed E-state index contributed by atoms with van der Waals surface area (Å²) in [6.45, 7) is 8.06. The molecule has 0 aliphatic heterocycles. The lowest BCUT2D eigenvalue weighted by atomic mass is 9.67. The van der Waals surface area contributed by atoms with Gasteiger partial charge in [0.15, 0.2) is 5.78 Å². The molecule has 2 unspecified atom stereocenters. The van der Waals surface area contributed by atoms with Crippen LogP contribution < -0.4 is 0 Å². The molecule has 0 saturated carbocycles. The van der Waals surface area contributed by atoms with E-state index in [0.29, 0.717) is 16.8 Å². The van der Waals surface area contributed by atoms with Crippen LogP contribution in [0.2, 0.25) is 0 Å². The molecule has 1 aliphatic rings. The van der Waals surface area contributed by atoms with E-state index in [1.165, 1.54) is 0 Å². The second-order valence-corrected chi connectivity index (χ2v) is 9.26. The van der Waals surface area contributed by atoms with Crippen molar-refractivity contribution >= 4 is 22.6 Å². The largest absolute Gasteiger partial charge is 0.511 e. The van der Waals surface area contributed by atoms with Crippen LogP contribution in [0.4, 0.5) is 0 Å². The van der Waals surface area contributed by atoms with Gasteiger partial charge in [0.2, 0.25) is 0 Å². The van der Waals surface area contributed by atoms with Crippen LogP contribution in [0.15, 0.2) is 108 Å². The summed E-state index contributed by atoms with van der Waals surface area (Å²) in [5.74, 6) is -1.25. The third-order valence-corrected chi connectivity index (χ3v) is 7.09. The standard InChI is InChI=1S/C32H29N3O2/c1-20(23-14-8-5-9-15-23)26(21(2)33-4)28-31(36)29(32(28)37)27-22(3)34-35(25-18-12-7-13-19-25)30(27)24-16-10-6-11-17-24/h5-19,26,28,36H,1H2,2-4H3/b33-21-. The van der Waals surface area contributed by atoms with Crippen LogP contribution in [-0.4, -0.2) is 33.4 Å². The number of hydrogen-bond acceptors (Lipinski definition) is 4. The second kappa shape index (κ2) is 9.86. The molecule has 0 saturated heterocycles. The van der Waals surface area contributed by atoms with Crippen molar-refractivity contribution < 1.29 is 9.90 Å². The quantitative estimate of drug-likeness (QED) is 0.294. The van der Waals surface area contributed by atoms with Gasteiger partial charge in [-0.3, -0.25) is 9.79 Å². The van der Waals surface area contributed by atoms with Crippen molar-refractivity contribution in [3.8, 4) is 16.9 Å². The second-order valence-electron chi connectivity index (χ2n) is 9.26. The first-order chi connectivity index (χ1) is 17.9. The Hall–Kier alpha value is -4.51. The zero-order valence-electron chi connectivity index (χ0n) is 21.2. The monoisotopic (exact) mass is 487 g/mol. The van der Waals surface area contributed by atoms with Gasteiger partial charge in [-0.2, -0.15) is 5.10 Å². The Morgan fingerprint density at radius 3 is 2.11 bits per heavy atom. The Labute approximate surface area is 217 Å². The fraction of sp³-hybridized carbons (Fsp3) is 0.156. The number of ketones is 1. The molecule has 0 bridgehead atoms. The molecule has 0 radical (unpaired) electrons. The summed E-state index contributed by atoms with van der Waals surface area (Å²) in [5, 5.41) is 16.3. The highest BCUT2D eigenvalue weighted by Crippen LogP contribution is 2.48. The summed E-state index contributed by atoms with van der Waals surface area (Å²) in [5.41, 5.74) is 6.64. The van der Waals surface area contributed by atoms with E-state index in [4.69, 9.17) is 5.10 Å². The van der Waals surface area contributed by atoms with Gasteiger partial charge < -0.3 is 5.11 Å². The molecule has 37 heavy (non-hydrogen) atoms. The van der Waals surface area contributed by atoms with Gasteiger partial charge in [-0.05, 0) is 37.1 Å². The number of Topliss-reactive ketones (excluding diaryl/α,β-unsaturated/α-hetero) is 1. The Bertz CT molecular complexity index is 1530. The van der Waals surface area contributed by atoms with E-state index in [1.54, 1.807) is 7.05 Å². The number of aliphatic hydroxyl groups is 1. The number of para-hydroxylation sites is 1. The number of aliphatic hydroxyl groups excluding tert-OH is 1. The minimum Gasteiger partial charge on any atom is -0.511 e. The first-order valence-corrected chi connectivity index (χ1v) is 12.3. The average molecular weight is 488 g/mol. The maximum Gasteiger partial charge on any atom is 0.178 e. The predicted molar refractivity (Wildman–Crippen MR) is 150 cm³/mol. The Morgan fingerprint density at radius 1 is 0.973 bits per heavy atom. The molecule has 1 N–H and O–H groups in total. The number of aryl methyl sites for hydroxylation is 1. The highest BCUT2D eigenvalue weighted by molar-refractivity contribution is 6.32. The molecule has 4 aromatic rings. The molecule has 5 nitrogen and oxygen atoms in total. The molecule has 5 rings (SSSR count). The van der Waals surface area contributed by atoms with Gasteiger partial charge in [-0.15, -0.1) is 0 Å². The highest BCUT2D eigenvalue weighted by Gasteiger charge is 2.48. The van der Waals surface area contributed by atoms with Crippen molar-refractivity contribution in [2.75, 3.05) is 7.05 Å². The third kappa shape index (κ3) is 4.12. The van der Waals surface area contributed by atoms with Crippen molar-refractivity contribution in [1.29, 1.82) is 0 Å². The zero-order valence-corrected chi connectivity index (χ0v) is 21.2. The smallest absolute Gasteiger partial charge is 0.178 e. The molecule has 0 spiro atoms. The Balaban J connectivity index is 1.67. The maximum absolute atomic E-state index is 13.9. The Morgan fingerprint density at radius 2 is 1.54 bits per heavy atom. The number of nitrogens with zero attached hydrogens (tertiary/aromatic N) is 3. The van der Waals surface area contributed by atoms with Crippen LogP contribution in [0.1, 0.15) is 23.7 Å². The fourth-order valence-corrected chi connectivity index (χ4v) is 5.15. The van der Waals surface area contributed by atoms with E-state index in [9.17, 15) is 9.90 Å². The summed E-state index contributed by atoms with van der Waals surface area (Å²) in [4.78, 5) is 18.3. The molecule has 5 heteroatoms. The lowest BCUT2D eigenvalue weighted by molar-refractivity contribution is -0.119. The lowest BCUT2D eigenvalue weighted by Crippen LogP contribution is -2.39.